The van der Waals surface area contributed by atoms with Gasteiger partial charge in [-0.25, -0.2) is 0 Å². The lowest BCUT2D eigenvalue weighted by Gasteiger charge is -2.27. The minimum atomic E-state index is -3.75. The highest BCUT2D eigenvalue weighted by Crippen LogP contribution is 2.33. The molecule has 1 saturated heterocycles. The van der Waals surface area contributed by atoms with Crippen LogP contribution in [0.15, 0.2) is 23.1 Å². The van der Waals surface area contributed by atoms with Crippen molar-refractivity contribution in [2.24, 2.45) is 0 Å². The van der Waals surface area contributed by atoms with Gasteiger partial charge in [-0.05, 0) is 25.8 Å². The molecule has 0 amide bonds. The van der Waals surface area contributed by atoms with E-state index in [-0.39, 0.29) is 17.6 Å². The van der Waals surface area contributed by atoms with Gasteiger partial charge in [0.1, 0.15) is 0 Å². The second-order valence-corrected chi connectivity index (χ2v) is 6.40. The van der Waals surface area contributed by atoms with Gasteiger partial charge in [0.15, 0.2) is 0 Å². The van der Waals surface area contributed by atoms with Crippen LogP contribution in [0, 0.1) is 6.92 Å². The molecule has 0 bridgehead atoms. The molecular weight excluding hydrogens is 268 g/mol. The number of hydrogen-bond donors (Lipinski definition) is 1. The number of ether oxygens (including phenoxy) is 1. The van der Waals surface area contributed by atoms with Gasteiger partial charge in [0.25, 0.3) is 10.1 Å². The molecule has 106 valence electrons. The molecule has 2 unspecified atom stereocenters. The SMILES string of the molecule is COS(=O)(=O)c1ccc(C)cc1C1CCC(O)CO1. The van der Waals surface area contributed by atoms with E-state index in [1.807, 2.05) is 6.92 Å². The van der Waals surface area contributed by atoms with E-state index in [9.17, 15) is 13.5 Å². The van der Waals surface area contributed by atoms with Gasteiger partial charge in [-0.15, -0.1) is 0 Å². The lowest BCUT2D eigenvalue weighted by molar-refractivity contribution is -0.0579. The normalized spacial score (nSPS) is 24.4. The highest BCUT2D eigenvalue weighted by Gasteiger charge is 2.27. The second kappa shape index (κ2) is 5.58. The smallest absolute Gasteiger partial charge is 0.297 e. The first kappa shape index (κ1) is 14.5. The third kappa shape index (κ3) is 3.14. The Labute approximate surface area is 113 Å². The van der Waals surface area contributed by atoms with Crippen LogP contribution in [0.4, 0.5) is 0 Å². The van der Waals surface area contributed by atoms with E-state index in [1.54, 1.807) is 12.1 Å². The third-order valence-corrected chi connectivity index (χ3v) is 4.60. The van der Waals surface area contributed by atoms with Crippen LogP contribution in [-0.4, -0.2) is 33.3 Å². The van der Waals surface area contributed by atoms with E-state index in [1.165, 1.54) is 6.07 Å². The molecule has 2 rings (SSSR count). The fourth-order valence-electron chi connectivity index (χ4n) is 2.22. The van der Waals surface area contributed by atoms with E-state index in [0.29, 0.717) is 18.4 Å². The van der Waals surface area contributed by atoms with Gasteiger partial charge >= 0.3 is 0 Å². The molecular formula is C13H18O5S. The maximum atomic E-state index is 11.9. The average molecular weight is 286 g/mol. The molecule has 1 aliphatic heterocycles. The zero-order valence-corrected chi connectivity index (χ0v) is 11.8. The van der Waals surface area contributed by atoms with Crippen LogP contribution in [-0.2, 0) is 19.0 Å². The summed E-state index contributed by atoms with van der Waals surface area (Å²) < 4.78 is 34.0. The predicted molar refractivity (Wildman–Crippen MR) is 69.3 cm³/mol. The van der Waals surface area contributed by atoms with Gasteiger partial charge in [-0.2, -0.15) is 8.42 Å². The van der Waals surface area contributed by atoms with E-state index >= 15 is 0 Å². The maximum absolute atomic E-state index is 11.9. The molecule has 1 aromatic rings. The van der Waals surface area contributed by atoms with Gasteiger partial charge in [0.2, 0.25) is 0 Å². The summed E-state index contributed by atoms with van der Waals surface area (Å²) in [5.41, 5.74) is 1.56. The summed E-state index contributed by atoms with van der Waals surface area (Å²) in [6.07, 6.45) is 0.411. The lowest BCUT2D eigenvalue weighted by atomic mass is 9.99. The molecule has 5 nitrogen and oxygen atoms in total. The van der Waals surface area contributed by atoms with Crippen LogP contribution in [0.5, 0.6) is 0 Å². The Hall–Kier alpha value is -0.950. The number of aliphatic hydroxyl groups excluding tert-OH is 1. The van der Waals surface area contributed by atoms with Crippen molar-refractivity contribution < 1.29 is 22.4 Å². The summed E-state index contributed by atoms with van der Waals surface area (Å²) in [7, 11) is -2.61. The summed E-state index contributed by atoms with van der Waals surface area (Å²) >= 11 is 0. The highest BCUT2D eigenvalue weighted by molar-refractivity contribution is 7.86. The quantitative estimate of drug-likeness (QED) is 0.853. The van der Waals surface area contributed by atoms with Gasteiger partial charge in [0, 0.05) is 5.56 Å². The molecule has 2 atom stereocenters. The fourth-order valence-corrected chi connectivity index (χ4v) is 3.11. The van der Waals surface area contributed by atoms with Crippen LogP contribution in [0.3, 0.4) is 0 Å². The van der Waals surface area contributed by atoms with Crippen molar-refractivity contribution in [3.8, 4) is 0 Å². The number of benzene rings is 1. The summed E-state index contributed by atoms with van der Waals surface area (Å²) in [5, 5.41) is 9.44. The molecule has 0 aromatic heterocycles. The monoisotopic (exact) mass is 286 g/mol. The zero-order valence-electron chi connectivity index (χ0n) is 11.0. The lowest BCUT2D eigenvalue weighted by Crippen LogP contribution is -2.25. The summed E-state index contributed by atoms with van der Waals surface area (Å²) in [6, 6.07) is 5.07. The predicted octanol–water partition coefficient (Wildman–Crippen LogP) is 1.54. The van der Waals surface area contributed by atoms with E-state index in [2.05, 4.69) is 4.18 Å². The molecule has 6 heteroatoms. The summed E-state index contributed by atoms with van der Waals surface area (Å²) in [6.45, 7) is 2.12. The number of rotatable bonds is 3. The summed E-state index contributed by atoms with van der Waals surface area (Å²) in [5.74, 6) is 0. The Morgan fingerprint density at radius 2 is 2.11 bits per heavy atom. The maximum Gasteiger partial charge on any atom is 0.297 e. The van der Waals surface area contributed by atoms with E-state index < -0.39 is 16.2 Å². The van der Waals surface area contributed by atoms with Gasteiger partial charge in [0.05, 0.1) is 30.8 Å². The fraction of sp³-hybridized carbons (Fsp3) is 0.538. The van der Waals surface area contributed by atoms with E-state index in [0.717, 1.165) is 12.7 Å². The minimum absolute atomic E-state index is 0.141. The molecule has 1 fully saturated rings. The van der Waals surface area contributed by atoms with Gasteiger partial charge in [-0.1, -0.05) is 17.7 Å². The minimum Gasteiger partial charge on any atom is -0.391 e. The molecule has 1 aromatic carbocycles. The van der Waals surface area contributed by atoms with Crippen molar-refractivity contribution in [1.82, 2.24) is 0 Å². The van der Waals surface area contributed by atoms with Crippen molar-refractivity contribution in [3.63, 3.8) is 0 Å². The molecule has 19 heavy (non-hydrogen) atoms. The Morgan fingerprint density at radius 1 is 1.37 bits per heavy atom. The topological polar surface area (TPSA) is 72.8 Å². The van der Waals surface area contributed by atoms with Gasteiger partial charge < -0.3 is 9.84 Å². The number of aliphatic hydroxyl groups is 1. The first-order valence-corrected chi connectivity index (χ1v) is 7.55. The Balaban J connectivity index is 2.41. The van der Waals surface area contributed by atoms with Crippen LogP contribution in [0.2, 0.25) is 0 Å². The Kier molecular flexibility index (Phi) is 4.25. The summed E-state index contributed by atoms with van der Waals surface area (Å²) in [4.78, 5) is 0.141. The zero-order chi connectivity index (χ0) is 14.0. The third-order valence-electron chi connectivity index (χ3n) is 3.25. The van der Waals surface area contributed by atoms with Crippen LogP contribution >= 0.6 is 0 Å². The van der Waals surface area contributed by atoms with Crippen LogP contribution in [0.25, 0.3) is 0 Å². The number of hydrogen-bond acceptors (Lipinski definition) is 5. The van der Waals surface area contributed by atoms with E-state index in [4.69, 9.17) is 4.74 Å². The molecule has 0 aliphatic carbocycles. The van der Waals surface area contributed by atoms with Crippen molar-refractivity contribution in [3.05, 3.63) is 29.3 Å². The molecule has 1 N–H and O–H groups in total. The second-order valence-electron chi connectivity index (χ2n) is 4.72. The number of aryl methyl sites for hydroxylation is 1. The van der Waals surface area contributed by atoms with Crippen LogP contribution in [0.1, 0.15) is 30.1 Å². The van der Waals surface area contributed by atoms with Crippen LogP contribution < -0.4 is 0 Å². The molecule has 0 radical (unpaired) electrons. The Bertz CT molecular complexity index is 544. The first-order valence-electron chi connectivity index (χ1n) is 6.15. The molecule has 1 aliphatic rings. The molecule has 0 saturated carbocycles. The Morgan fingerprint density at radius 3 is 2.68 bits per heavy atom. The largest absolute Gasteiger partial charge is 0.391 e. The van der Waals surface area contributed by atoms with Crippen molar-refractivity contribution in [1.29, 1.82) is 0 Å². The molecule has 1 heterocycles. The van der Waals surface area contributed by atoms with Gasteiger partial charge in [-0.3, -0.25) is 4.18 Å². The van der Waals surface area contributed by atoms with Crippen molar-refractivity contribution in [2.45, 2.75) is 36.9 Å². The first-order chi connectivity index (χ1) is 8.94. The van der Waals surface area contributed by atoms with Crippen molar-refractivity contribution >= 4 is 10.1 Å². The molecule has 0 spiro atoms. The highest BCUT2D eigenvalue weighted by atomic mass is 32.2. The standard InChI is InChI=1S/C13H18O5S/c1-9-3-6-13(19(15,16)17-2)11(7-9)12-5-4-10(14)8-18-12/h3,6-7,10,12,14H,4-5,8H2,1-2H3. The average Bonchev–Trinajstić information content (AvgIpc) is 2.39. The van der Waals surface area contributed by atoms with Crippen molar-refractivity contribution in [2.75, 3.05) is 13.7 Å².